The SMILES string of the molecule is CN(C)C(=O)COC(=O)C1CCN(C2CCN(C(=O)[C@@H](Cc3cc(Cl)c(N)c(C(F)(F)F)c3)OC(=O)N3CCC(N4CCc5ccccc5NC4=O)CC3)CC2)CC1.CN(C)CCOC(=O)C1CCN(C2CCN(C(=O)[C@@H](Cc3cc(Cl)c(N)c(C(F)(F)F)c3)OC(=O)N3CCC(N4CCc5ccccc5NC4=O)CC3)CC2)CC1. The summed E-state index contributed by atoms with van der Waals surface area (Å²) < 4.78 is 106. The van der Waals surface area contributed by atoms with Crippen LogP contribution in [0.15, 0.2) is 72.8 Å². The average molecular weight is 1650 g/mol. The maximum absolute atomic E-state index is 14.1. The molecule has 12 rings (SSSR count). The highest BCUT2D eigenvalue weighted by Gasteiger charge is 2.43. The lowest BCUT2D eigenvalue weighted by molar-refractivity contribution is -0.156. The summed E-state index contributed by atoms with van der Waals surface area (Å²) in [5, 5.41) is 5.32. The van der Waals surface area contributed by atoms with Gasteiger partial charge in [0.05, 0.1) is 44.4 Å². The highest BCUT2D eigenvalue weighted by Crippen LogP contribution is 2.41. The molecule has 8 heterocycles. The van der Waals surface area contributed by atoms with Crippen LogP contribution in [-0.2, 0) is 81.0 Å². The number of piperidine rings is 6. The van der Waals surface area contributed by atoms with Crippen LogP contribution in [0.1, 0.15) is 110 Å². The average Bonchev–Trinajstić information content (AvgIpc) is 1.77. The number of hydrogen-bond donors (Lipinski definition) is 4. The van der Waals surface area contributed by atoms with E-state index in [2.05, 4.69) is 20.4 Å². The number of hydrogen-bond acceptors (Lipinski definition) is 18. The van der Waals surface area contributed by atoms with Crippen LogP contribution in [0.25, 0.3) is 0 Å². The van der Waals surface area contributed by atoms with Crippen molar-refractivity contribution in [3.63, 3.8) is 0 Å². The van der Waals surface area contributed by atoms with Crippen LogP contribution >= 0.6 is 23.2 Å². The van der Waals surface area contributed by atoms with Crippen LogP contribution in [0, 0.1) is 11.8 Å². The molecule has 0 unspecified atom stereocenters. The predicted molar refractivity (Wildman–Crippen MR) is 418 cm³/mol. The number of carbonyl (C=O) groups excluding carboxylic acids is 9. The lowest BCUT2D eigenvalue weighted by atomic mass is 9.93. The highest BCUT2D eigenvalue weighted by atomic mass is 35.5. The van der Waals surface area contributed by atoms with E-state index in [9.17, 15) is 69.5 Å². The Hall–Kier alpha value is -9.05. The number of ether oxygens (including phenoxy) is 4. The molecule has 0 saturated carbocycles. The molecule has 2 atom stereocenters. The van der Waals surface area contributed by atoms with Crippen LogP contribution < -0.4 is 22.1 Å². The Morgan fingerprint density at radius 2 is 0.843 bits per heavy atom. The van der Waals surface area contributed by atoms with Gasteiger partial charge in [0.2, 0.25) is 0 Å². The maximum atomic E-state index is 14.1. The summed E-state index contributed by atoms with van der Waals surface area (Å²) in [7, 11) is 7.03. The molecule has 27 nitrogen and oxygen atoms in total. The number of nitrogen functional groups attached to an aromatic ring is 2. The molecule has 9 amide bonds. The van der Waals surface area contributed by atoms with Crippen LogP contribution in [0.3, 0.4) is 0 Å². The summed E-state index contributed by atoms with van der Waals surface area (Å²) in [6.45, 7) is 6.96. The Labute approximate surface area is 675 Å². The number of benzene rings is 4. The number of urea groups is 2. The minimum absolute atomic E-state index is 0.0342. The van der Waals surface area contributed by atoms with Crippen molar-refractivity contribution >= 4 is 99.9 Å². The van der Waals surface area contributed by atoms with E-state index < -0.39 is 71.1 Å². The molecule has 0 aromatic heterocycles. The van der Waals surface area contributed by atoms with E-state index in [0.29, 0.717) is 155 Å². The molecular formula is C80H104Cl2F6N14O13. The minimum Gasteiger partial charge on any atom is -0.464 e. The first-order valence-electron chi connectivity index (χ1n) is 39.5. The number of esters is 2. The van der Waals surface area contributed by atoms with E-state index in [4.69, 9.17) is 53.6 Å². The molecule has 0 spiro atoms. The van der Waals surface area contributed by atoms with Gasteiger partial charge in [0.15, 0.2) is 18.8 Å². The van der Waals surface area contributed by atoms with Gasteiger partial charge in [-0.05, 0) is 189 Å². The lowest BCUT2D eigenvalue weighted by Gasteiger charge is -2.42. The molecule has 6 N–H and O–H groups in total. The fourth-order valence-corrected chi connectivity index (χ4v) is 17.0. The number of amides is 9. The van der Waals surface area contributed by atoms with Gasteiger partial charge in [0.1, 0.15) is 6.61 Å². The van der Waals surface area contributed by atoms with Crippen LogP contribution in [0.2, 0.25) is 10.0 Å². The van der Waals surface area contributed by atoms with E-state index in [1.54, 1.807) is 33.7 Å². The molecule has 35 heteroatoms. The minimum atomic E-state index is -4.81. The summed E-state index contributed by atoms with van der Waals surface area (Å²) in [6, 6.07) is 19.2. The standard InChI is InChI=1S/C40H51ClF3N7O7.C40H53ClF3N7O6/c1-47(2)34(52)24-57-37(54)27-7-14-48(15-8-27)28-10-16-49(17-11-28)36(53)33(23-25-21-30(40(42,43)44)35(45)31(41)22-25)58-39(56)50-18-12-29(13-19-50)51-20-9-26-5-3-4-6-32(26)46-38(51)55;1-47(2)21-22-56-37(53)28-7-14-48(15-8-28)29-10-16-49(17-11-29)36(52)34(25-26-23-31(40(42,43)44)35(45)32(41)24-26)57-39(55)50-18-12-30(13-19-50)51-20-9-27-5-3-4-6-33(27)46-38(51)54/h3-6,21-22,27-29,33H,7-20,23-24,45H2,1-2H3,(H,46,55);3-6,23-24,28-30,34H,7-22,25,45H2,1-2H3,(H,46,54)/t33-;34-/m11/s1. The molecule has 0 radical (unpaired) electrons. The summed E-state index contributed by atoms with van der Waals surface area (Å²) in [5.41, 5.74) is 11.6. The Balaban J connectivity index is 0.000000226. The Kier molecular flexibility index (Phi) is 29.3. The molecule has 0 aliphatic carbocycles. The normalized spacial score (nSPS) is 19.7. The molecular weight excluding hydrogens is 1550 g/mol. The number of likely N-dealkylation sites (tertiary alicyclic amines) is 6. The van der Waals surface area contributed by atoms with Crippen LogP contribution in [0.4, 0.5) is 68.3 Å². The van der Waals surface area contributed by atoms with Gasteiger partial charge in [0, 0.05) is 134 Å². The number of alkyl halides is 6. The number of fused-ring (bicyclic) bond motifs is 2. The second kappa shape index (κ2) is 38.8. The quantitative estimate of drug-likeness (QED) is 0.0294. The van der Waals surface area contributed by atoms with E-state index >= 15 is 0 Å². The van der Waals surface area contributed by atoms with Gasteiger partial charge in [-0.3, -0.25) is 24.0 Å². The Morgan fingerprint density at radius 3 is 1.21 bits per heavy atom. The van der Waals surface area contributed by atoms with Crippen molar-refractivity contribution in [3.8, 4) is 0 Å². The number of para-hydroxylation sites is 2. The van der Waals surface area contributed by atoms with Crippen LogP contribution in [-0.4, -0.2) is 279 Å². The molecule has 115 heavy (non-hydrogen) atoms. The molecule has 4 aromatic carbocycles. The molecule has 6 saturated heterocycles. The van der Waals surface area contributed by atoms with Crippen molar-refractivity contribution in [1.82, 2.24) is 49.0 Å². The van der Waals surface area contributed by atoms with Gasteiger partial charge in [-0.2, -0.15) is 26.3 Å². The fourth-order valence-electron chi connectivity index (χ4n) is 16.6. The number of nitrogens with two attached hydrogens (primary N) is 2. The van der Waals surface area contributed by atoms with Gasteiger partial charge < -0.3 is 90.0 Å². The molecule has 8 aliphatic rings. The first-order valence-corrected chi connectivity index (χ1v) is 40.3. The summed E-state index contributed by atoms with van der Waals surface area (Å²) in [6.07, 6.45) is -6.34. The number of carbonyl (C=O) groups is 9. The second-order valence-corrected chi connectivity index (χ2v) is 32.1. The third-order valence-corrected chi connectivity index (χ3v) is 24.0. The number of nitrogens with zero attached hydrogens (tertiary/aromatic N) is 10. The van der Waals surface area contributed by atoms with Gasteiger partial charge in [0.25, 0.3) is 17.7 Å². The third kappa shape index (κ3) is 22.6. The highest BCUT2D eigenvalue weighted by molar-refractivity contribution is 6.33. The Morgan fingerprint density at radius 1 is 0.487 bits per heavy atom. The van der Waals surface area contributed by atoms with E-state index in [1.807, 2.05) is 67.5 Å². The van der Waals surface area contributed by atoms with Gasteiger partial charge >= 0.3 is 48.5 Å². The van der Waals surface area contributed by atoms with Crippen molar-refractivity contribution in [1.29, 1.82) is 0 Å². The zero-order chi connectivity index (χ0) is 82.6. The Bertz CT molecular complexity index is 4120. The summed E-state index contributed by atoms with van der Waals surface area (Å²) in [5.74, 6) is -2.32. The fraction of sp³-hybridized carbons (Fsp3) is 0.588. The largest absolute Gasteiger partial charge is 0.464 e. The van der Waals surface area contributed by atoms with Crippen molar-refractivity contribution in [2.45, 2.75) is 151 Å². The predicted octanol–water partition coefficient (Wildman–Crippen LogP) is 10.2. The van der Waals surface area contributed by atoms with Gasteiger partial charge in [-0.15, -0.1) is 0 Å². The number of nitrogens with one attached hydrogen (secondary N) is 2. The van der Waals surface area contributed by atoms with Crippen molar-refractivity contribution in [3.05, 3.63) is 116 Å². The number of anilines is 4. The van der Waals surface area contributed by atoms with Gasteiger partial charge in [-0.25, -0.2) is 19.2 Å². The van der Waals surface area contributed by atoms with Crippen molar-refractivity contribution in [2.75, 3.05) is 162 Å². The monoisotopic (exact) mass is 1650 g/mol. The lowest BCUT2D eigenvalue weighted by Crippen LogP contribution is -2.53. The van der Waals surface area contributed by atoms with E-state index in [-0.39, 0.29) is 133 Å². The first-order chi connectivity index (χ1) is 54.8. The van der Waals surface area contributed by atoms with E-state index in [1.165, 1.54) is 26.8 Å². The van der Waals surface area contributed by atoms with Crippen molar-refractivity contribution < 1.29 is 88.4 Å². The second-order valence-electron chi connectivity index (χ2n) is 31.3. The molecule has 0 bridgehead atoms. The summed E-state index contributed by atoms with van der Waals surface area (Å²) in [4.78, 5) is 136. The number of rotatable bonds is 19. The zero-order valence-electron chi connectivity index (χ0n) is 65.3. The van der Waals surface area contributed by atoms with E-state index in [0.717, 1.165) is 47.7 Å². The first kappa shape index (κ1) is 86.8. The van der Waals surface area contributed by atoms with Gasteiger partial charge in [-0.1, -0.05) is 59.6 Å². The van der Waals surface area contributed by atoms with Crippen molar-refractivity contribution in [2.24, 2.45) is 11.8 Å². The topological polar surface area (TPSA) is 299 Å². The molecule has 4 aromatic rings. The number of likely N-dealkylation sites (N-methyl/N-ethyl adjacent to an activating group) is 2. The molecule has 8 aliphatic heterocycles. The molecule has 628 valence electrons. The third-order valence-electron chi connectivity index (χ3n) is 23.4. The zero-order valence-corrected chi connectivity index (χ0v) is 66.9. The summed E-state index contributed by atoms with van der Waals surface area (Å²) >= 11 is 12.3. The number of halogens is 8. The smallest absolute Gasteiger partial charge is 0.418 e. The maximum Gasteiger partial charge on any atom is 0.418 e. The molecule has 6 fully saturated rings. The van der Waals surface area contributed by atoms with Crippen LogP contribution in [0.5, 0.6) is 0 Å².